The molecule has 214 valence electrons. The summed E-state index contributed by atoms with van der Waals surface area (Å²) in [6.45, 7) is 5.95. The van der Waals surface area contributed by atoms with Gasteiger partial charge in [-0.3, -0.25) is 9.59 Å². The molecule has 9 heteroatoms. The molecule has 40 heavy (non-hydrogen) atoms. The molecule has 0 bridgehead atoms. The van der Waals surface area contributed by atoms with Gasteiger partial charge in [-0.1, -0.05) is 30.3 Å². The van der Waals surface area contributed by atoms with Crippen LogP contribution in [-0.2, 0) is 21.4 Å². The van der Waals surface area contributed by atoms with Crippen LogP contribution in [0.4, 0.5) is 14.9 Å². The number of anilines is 1. The molecule has 3 aliphatic heterocycles. The molecule has 2 N–H and O–H groups in total. The summed E-state index contributed by atoms with van der Waals surface area (Å²) >= 11 is 0. The van der Waals surface area contributed by atoms with Crippen molar-refractivity contribution < 1.29 is 18.8 Å². The summed E-state index contributed by atoms with van der Waals surface area (Å²) in [6, 6.07) is 13.9. The van der Waals surface area contributed by atoms with Crippen molar-refractivity contribution in [3.8, 4) is 0 Å². The second-order valence-electron chi connectivity index (χ2n) is 11.8. The highest BCUT2D eigenvalue weighted by molar-refractivity contribution is 6.08. The standard InChI is InChI=1S/C31H40FN5O3/c1-31(2)25-19-22(32)10-12-27(25)37(29(31)39)24-14-17-35(18-15-24)28(38)26(11-9-21-7-5-4-6-8-21)34-30(40)36-16-13-23(20-36)33-3/h4-8,10,12,19,23-24,26,33H,9,11,13-18,20H2,1-3H3,(H,34,40). The Hall–Kier alpha value is -3.46. The molecule has 0 aromatic heterocycles. The number of benzene rings is 2. The predicted octanol–water partition coefficient (Wildman–Crippen LogP) is 3.45. The van der Waals surface area contributed by atoms with Crippen LogP contribution in [0.2, 0.25) is 0 Å². The molecule has 3 heterocycles. The number of piperidine rings is 1. The Morgan fingerprint density at radius 3 is 2.40 bits per heavy atom. The third kappa shape index (κ3) is 5.57. The summed E-state index contributed by atoms with van der Waals surface area (Å²) in [4.78, 5) is 45.7. The van der Waals surface area contributed by atoms with Crippen LogP contribution in [0.15, 0.2) is 48.5 Å². The Kier molecular flexibility index (Phi) is 8.12. The fraction of sp³-hybridized carbons (Fsp3) is 0.516. The minimum absolute atomic E-state index is 0.0311. The predicted molar refractivity (Wildman–Crippen MR) is 153 cm³/mol. The number of hydrogen-bond donors (Lipinski definition) is 2. The first-order chi connectivity index (χ1) is 19.2. The normalized spacial score (nSPS) is 21.4. The highest BCUT2D eigenvalue weighted by Gasteiger charge is 2.47. The van der Waals surface area contributed by atoms with Gasteiger partial charge in [0, 0.05) is 44.0 Å². The van der Waals surface area contributed by atoms with Crippen LogP contribution < -0.4 is 15.5 Å². The third-order valence-corrected chi connectivity index (χ3v) is 8.83. The first-order valence-corrected chi connectivity index (χ1v) is 14.4. The van der Waals surface area contributed by atoms with Crippen molar-refractivity contribution in [2.75, 3.05) is 38.1 Å². The van der Waals surface area contributed by atoms with Gasteiger partial charge in [0.1, 0.15) is 11.9 Å². The minimum Gasteiger partial charge on any atom is -0.341 e. The fourth-order valence-electron chi connectivity index (χ4n) is 6.31. The molecule has 2 aromatic rings. The summed E-state index contributed by atoms with van der Waals surface area (Å²) in [7, 11) is 1.90. The Morgan fingerprint density at radius 1 is 1.02 bits per heavy atom. The molecular formula is C31H40FN5O3. The lowest BCUT2D eigenvalue weighted by molar-refractivity contribution is -0.134. The van der Waals surface area contributed by atoms with Crippen molar-refractivity contribution in [2.45, 2.75) is 69.5 Å². The zero-order valence-electron chi connectivity index (χ0n) is 23.7. The van der Waals surface area contributed by atoms with Crippen LogP contribution in [0.3, 0.4) is 0 Å². The van der Waals surface area contributed by atoms with E-state index in [1.54, 1.807) is 11.0 Å². The zero-order valence-corrected chi connectivity index (χ0v) is 23.7. The summed E-state index contributed by atoms with van der Waals surface area (Å²) in [5.74, 6) is -0.458. The van der Waals surface area contributed by atoms with E-state index in [1.165, 1.54) is 12.1 Å². The van der Waals surface area contributed by atoms with E-state index in [2.05, 4.69) is 10.6 Å². The number of hydrogen-bond acceptors (Lipinski definition) is 4. The summed E-state index contributed by atoms with van der Waals surface area (Å²) in [5.41, 5.74) is 1.80. The van der Waals surface area contributed by atoms with E-state index >= 15 is 0 Å². The molecule has 8 nitrogen and oxygen atoms in total. The SMILES string of the molecule is CNC1CCN(C(=O)NC(CCc2ccccc2)C(=O)N2CCC(N3C(=O)C(C)(C)c4cc(F)ccc43)CC2)C1. The molecular weight excluding hydrogens is 509 g/mol. The molecule has 4 amide bonds. The van der Waals surface area contributed by atoms with Crippen LogP contribution in [0.25, 0.3) is 0 Å². The summed E-state index contributed by atoms with van der Waals surface area (Å²) in [6.07, 6.45) is 3.33. The van der Waals surface area contributed by atoms with Crippen molar-refractivity contribution in [2.24, 2.45) is 0 Å². The van der Waals surface area contributed by atoms with Gasteiger partial charge in [0.2, 0.25) is 11.8 Å². The molecule has 0 aliphatic carbocycles. The maximum atomic E-state index is 14.0. The van der Waals surface area contributed by atoms with Crippen molar-refractivity contribution >= 4 is 23.5 Å². The average Bonchev–Trinajstić information content (AvgIpc) is 3.52. The first kappa shape index (κ1) is 28.1. The van der Waals surface area contributed by atoms with E-state index in [4.69, 9.17) is 0 Å². The van der Waals surface area contributed by atoms with E-state index in [0.29, 0.717) is 57.4 Å². The Bertz CT molecular complexity index is 1240. The van der Waals surface area contributed by atoms with E-state index in [9.17, 15) is 18.8 Å². The quantitative estimate of drug-likeness (QED) is 0.554. The lowest BCUT2D eigenvalue weighted by Gasteiger charge is -2.39. The number of rotatable bonds is 7. The van der Waals surface area contributed by atoms with E-state index < -0.39 is 11.5 Å². The molecule has 2 fully saturated rings. The number of carbonyl (C=O) groups is 3. The number of halogens is 1. The second kappa shape index (κ2) is 11.6. The second-order valence-corrected chi connectivity index (χ2v) is 11.8. The van der Waals surface area contributed by atoms with Crippen molar-refractivity contribution in [1.82, 2.24) is 20.4 Å². The number of carbonyl (C=O) groups excluding carboxylic acids is 3. The lowest BCUT2D eigenvalue weighted by atomic mass is 9.86. The number of fused-ring (bicyclic) bond motifs is 1. The van der Waals surface area contributed by atoms with E-state index in [1.807, 2.05) is 61.0 Å². The number of urea groups is 1. The molecule has 0 saturated carbocycles. The summed E-state index contributed by atoms with van der Waals surface area (Å²) < 4.78 is 14.0. The topological polar surface area (TPSA) is 85.0 Å². The number of likely N-dealkylation sites (N-methyl/N-ethyl adjacent to an activating group) is 1. The minimum atomic E-state index is -0.793. The monoisotopic (exact) mass is 549 g/mol. The highest BCUT2D eigenvalue weighted by atomic mass is 19.1. The van der Waals surface area contributed by atoms with Crippen molar-refractivity contribution in [1.29, 1.82) is 0 Å². The van der Waals surface area contributed by atoms with Crippen LogP contribution in [-0.4, -0.2) is 79.0 Å². The Labute approximate surface area is 235 Å². The van der Waals surface area contributed by atoms with Gasteiger partial charge in [0.25, 0.3) is 0 Å². The molecule has 0 spiro atoms. The van der Waals surface area contributed by atoms with Crippen molar-refractivity contribution in [3.05, 3.63) is 65.5 Å². The number of aryl methyl sites for hydroxylation is 1. The van der Waals surface area contributed by atoms with E-state index in [-0.39, 0.29) is 35.7 Å². The van der Waals surface area contributed by atoms with Gasteiger partial charge in [-0.2, -0.15) is 0 Å². The van der Waals surface area contributed by atoms with Gasteiger partial charge < -0.3 is 25.3 Å². The molecule has 2 saturated heterocycles. The molecule has 2 unspecified atom stereocenters. The number of nitrogens with one attached hydrogen (secondary N) is 2. The van der Waals surface area contributed by atoms with Crippen molar-refractivity contribution in [3.63, 3.8) is 0 Å². The van der Waals surface area contributed by atoms with Crippen LogP contribution in [0.5, 0.6) is 0 Å². The zero-order chi connectivity index (χ0) is 28.4. The third-order valence-electron chi connectivity index (χ3n) is 8.83. The van der Waals surface area contributed by atoms with Crippen LogP contribution in [0, 0.1) is 5.82 Å². The molecule has 0 radical (unpaired) electrons. The number of nitrogens with zero attached hydrogens (tertiary/aromatic N) is 3. The molecule has 3 aliphatic rings. The van der Waals surface area contributed by atoms with Crippen LogP contribution in [0.1, 0.15) is 50.7 Å². The lowest BCUT2D eigenvalue weighted by Crippen LogP contribution is -2.55. The van der Waals surface area contributed by atoms with Gasteiger partial charge in [-0.25, -0.2) is 9.18 Å². The Morgan fingerprint density at radius 2 is 1.73 bits per heavy atom. The molecule has 2 atom stereocenters. The maximum absolute atomic E-state index is 14.0. The maximum Gasteiger partial charge on any atom is 0.318 e. The largest absolute Gasteiger partial charge is 0.341 e. The van der Waals surface area contributed by atoms with Gasteiger partial charge >= 0.3 is 6.03 Å². The summed E-state index contributed by atoms with van der Waals surface area (Å²) in [5, 5.41) is 6.27. The average molecular weight is 550 g/mol. The fourth-order valence-corrected chi connectivity index (χ4v) is 6.31. The smallest absolute Gasteiger partial charge is 0.318 e. The molecule has 5 rings (SSSR count). The van der Waals surface area contributed by atoms with Crippen LogP contribution >= 0.6 is 0 Å². The number of likely N-dealkylation sites (tertiary alicyclic amines) is 2. The highest BCUT2D eigenvalue weighted by Crippen LogP contribution is 2.44. The van der Waals surface area contributed by atoms with Gasteiger partial charge in [-0.15, -0.1) is 0 Å². The van der Waals surface area contributed by atoms with Gasteiger partial charge in [0.05, 0.1) is 5.41 Å². The first-order valence-electron chi connectivity index (χ1n) is 14.4. The van der Waals surface area contributed by atoms with E-state index in [0.717, 1.165) is 17.7 Å². The molecule has 2 aromatic carbocycles. The van der Waals surface area contributed by atoms with Gasteiger partial charge in [0.15, 0.2) is 0 Å². The number of amides is 4. The van der Waals surface area contributed by atoms with Gasteiger partial charge in [-0.05, 0) is 82.3 Å². The Balaban J connectivity index is 1.26.